The van der Waals surface area contributed by atoms with Crippen LogP contribution in [0.4, 0.5) is 5.69 Å². The molecule has 0 spiro atoms. The molecule has 1 aliphatic heterocycles. The first-order chi connectivity index (χ1) is 10.9. The monoisotopic (exact) mass is 375 g/mol. The highest BCUT2D eigenvalue weighted by Gasteiger charge is 2.46. The third kappa shape index (κ3) is 2.75. The molecule has 0 aliphatic carbocycles. The fraction of sp³-hybridized carbons (Fsp3) is 0.176. The van der Waals surface area contributed by atoms with Gasteiger partial charge >= 0.3 is 0 Å². The van der Waals surface area contributed by atoms with Gasteiger partial charge in [0.2, 0.25) is 0 Å². The molecule has 23 heavy (non-hydrogen) atoms. The molecule has 3 rings (SSSR count). The molecule has 0 radical (unpaired) electrons. The molecule has 2 N–H and O–H groups in total. The van der Waals surface area contributed by atoms with Crippen molar-refractivity contribution in [2.24, 2.45) is 0 Å². The Balaban J connectivity index is 1.90. The highest BCUT2D eigenvalue weighted by Crippen LogP contribution is 2.40. The summed E-state index contributed by atoms with van der Waals surface area (Å²) in [6.07, 6.45) is -0.325. The normalized spacial score (nSPS) is 19.2. The first kappa shape index (κ1) is 15.7. The number of anilines is 1. The van der Waals surface area contributed by atoms with Crippen LogP contribution in [0, 0.1) is 0 Å². The molecule has 1 aliphatic rings. The molecular weight excluding hydrogens is 362 g/mol. The summed E-state index contributed by atoms with van der Waals surface area (Å²) in [7, 11) is 1.54. The molecule has 1 heterocycles. The molecule has 0 saturated carbocycles. The molecule has 2 aromatic rings. The summed E-state index contributed by atoms with van der Waals surface area (Å²) in [5.74, 6) is -0.279. The van der Waals surface area contributed by atoms with Crippen LogP contribution < -0.4 is 10.1 Å². The predicted octanol–water partition coefficient (Wildman–Crippen LogP) is 2.87. The molecule has 0 saturated heterocycles. The molecular formula is C17H14BrNO4. The van der Waals surface area contributed by atoms with E-state index in [-0.39, 0.29) is 12.2 Å². The van der Waals surface area contributed by atoms with Gasteiger partial charge in [-0.1, -0.05) is 15.9 Å². The van der Waals surface area contributed by atoms with Crippen molar-refractivity contribution in [2.75, 3.05) is 12.4 Å². The average Bonchev–Trinajstić information content (AvgIpc) is 2.79. The Morgan fingerprint density at radius 3 is 2.61 bits per heavy atom. The van der Waals surface area contributed by atoms with Gasteiger partial charge in [-0.05, 0) is 42.5 Å². The van der Waals surface area contributed by atoms with Crippen molar-refractivity contribution in [1.29, 1.82) is 0 Å². The summed E-state index contributed by atoms with van der Waals surface area (Å²) in [5, 5.41) is 13.4. The van der Waals surface area contributed by atoms with E-state index in [9.17, 15) is 14.7 Å². The van der Waals surface area contributed by atoms with Crippen LogP contribution >= 0.6 is 15.9 Å². The minimum Gasteiger partial charge on any atom is -0.497 e. The molecule has 0 bridgehead atoms. The number of carbonyl (C=O) groups excluding carboxylic acids is 2. The first-order valence-corrected chi connectivity index (χ1v) is 7.74. The van der Waals surface area contributed by atoms with Gasteiger partial charge in [0.25, 0.3) is 5.91 Å². The number of carbonyl (C=O) groups is 2. The second-order valence-electron chi connectivity index (χ2n) is 5.33. The largest absolute Gasteiger partial charge is 0.497 e. The van der Waals surface area contributed by atoms with E-state index in [4.69, 9.17) is 4.74 Å². The third-order valence-electron chi connectivity index (χ3n) is 3.88. The third-order valence-corrected chi connectivity index (χ3v) is 4.37. The molecule has 1 atom stereocenters. The molecule has 6 heteroatoms. The van der Waals surface area contributed by atoms with Crippen LogP contribution in [-0.2, 0) is 10.4 Å². The van der Waals surface area contributed by atoms with Gasteiger partial charge in [0.1, 0.15) is 5.75 Å². The lowest BCUT2D eigenvalue weighted by Crippen LogP contribution is -2.36. The fourth-order valence-corrected chi connectivity index (χ4v) is 2.96. The minimum atomic E-state index is -1.86. The number of amides is 1. The van der Waals surface area contributed by atoms with Gasteiger partial charge in [-0.3, -0.25) is 9.59 Å². The fourth-order valence-electron chi connectivity index (χ4n) is 2.60. The maximum atomic E-state index is 12.5. The summed E-state index contributed by atoms with van der Waals surface area (Å²) >= 11 is 3.31. The van der Waals surface area contributed by atoms with Gasteiger partial charge in [-0.2, -0.15) is 0 Å². The lowest BCUT2D eigenvalue weighted by atomic mass is 9.88. The Kier molecular flexibility index (Phi) is 3.95. The van der Waals surface area contributed by atoms with Crippen LogP contribution in [0.1, 0.15) is 22.3 Å². The zero-order valence-corrected chi connectivity index (χ0v) is 13.9. The van der Waals surface area contributed by atoms with Crippen LogP contribution in [0.3, 0.4) is 0 Å². The maximum Gasteiger partial charge on any atom is 0.261 e. The van der Waals surface area contributed by atoms with E-state index in [1.54, 1.807) is 42.5 Å². The van der Waals surface area contributed by atoms with E-state index >= 15 is 0 Å². The van der Waals surface area contributed by atoms with Gasteiger partial charge in [-0.15, -0.1) is 0 Å². The number of nitrogens with one attached hydrogen (secondary N) is 1. The van der Waals surface area contributed by atoms with Crippen molar-refractivity contribution < 1.29 is 19.4 Å². The molecule has 5 nitrogen and oxygen atoms in total. The minimum absolute atomic E-state index is 0.321. The molecule has 2 aromatic carbocycles. The molecule has 1 unspecified atom stereocenters. The van der Waals surface area contributed by atoms with Crippen LogP contribution in [0.15, 0.2) is 46.9 Å². The van der Waals surface area contributed by atoms with E-state index in [2.05, 4.69) is 21.2 Å². The Bertz CT molecular complexity index is 788. The predicted molar refractivity (Wildman–Crippen MR) is 88.6 cm³/mol. The number of rotatable bonds is 4. The number of aliphatic hydroxyl groups is 1. The molecule has 0 aromatic heterocycles. The van der Waals surface area contributed by atoms with Crippen molar-refractivity contribution in [3.05, 3.63) is 58.1 Å². The van der Waals surface area contributed by atoms with E-state index in [0.717, 1.165) is 4.47 Å². The Hall–Kier alpha value is -2.18. The van der Waals surface area contributed by atoms with Crippen molar-refractivity contribution in [3.8, 4) is 5.75 Å². The highest BCUT2D eigenvalue weighted by molar-refractivity contribution is 9.10. The zero-order chi connectivity index (χ0) is 16.6. The summed E-state index contributed by atoms with van der Waals surface area (Å²) in [6, 6.07) is 11.6. The van der Waals surface area contributed by atoms with Gasteiger partial charge < -0.3 is 15.2 Å². The summed E-state index contributed by atoms with van der Waals surface area (Å²) < 4.78 is 5.77. The summed E-state index contributed by atoms with van der Waals surface area (Å²) in [4.78, 5) is 24.6. The van der Waals surface area contributed by atoms with E-state index < -0.39 is 11.5 Å². The van der Waals surface area contributed by atoms with Crippen LogP contribution in [0.5, 0.6) is 5.75 Å². The molecule has 1 amide bonds. The number of ketones is 1. The van der Waals surface area contributed by atoms with Gasteiger partial charge in [0, 0.05) is 21.3 Å². The van der Waals surface area contributed by atoms with Crippen LogP contribution in [-0.4, -0.2) is 23.9 Å². The van der Waals surface area contributed by atoms with Crippen molar-refractivity contribution in [3.63, 3.8) is 0 Å². The quantitative estimate of drug-likeness (QED) is 0.805. The van der Waals surface area contributed by atoms with E-state index in [0.29, 0.717) is 22.6 Å². The highest BCUT2D eigenvalue weighted by atomic mass is 79.9. The topological polar surface area (TPSA) is 75.6 Å². The van der Waals surface area contributed by atoms with Gasteiger partial charge in [0.15, 0.2) is 11.4 Å². The van der Waals surface area contributed by atoms with Crippen LogP contribution in [0.2, 0.25) is 0 Å². The first-order valence-electron chi connectivity index (χ1n) is 6.95. The number of halogens is 1. The summed E-state index contributed by atoms with van der Waals surface area (Å²) in [5.41, 5.74) is -0.534. The lowest BCUT2D eigenvalue weighted by molar-refractivity contribution is -0.133. The Labute approximate surface area is 141 Å². The second-order valence-corrected chi connectivity index (χ2v) is 6.25. The molecule has 0 fully saturated rings. The maximum absolute atomic E-state index is 12.5. The SMILES string of the molecule is COc1ccc(C(=O)CC2(O)C(=O)Nc3ccc(Br)cc32)cc1. The number of fused-ring (bicyclic) bond motifs is 1. The smallest absolute Gasteiger partial charge is 0.261 e. The number of methoxy groups -OCH3 is 1. The summed E-state index contributed by atoms with van der Waals surface area (Å²) in [6.45, 7) is 0. The van der Waals surface area contributed by atoms with Crippen molar-refractivity contribution in [1.82, 2.24) is 0 Å². The standard InChI is InChI=1S/C17H14BrNO4/c1-23-12-5-2-10(3-6-12)15(20)9-17(22)13-8-11(18)4-7-14(13)19-16(17)21/h2-8,22H,9H2,1H3,(H,19,21). The molecule has 118 valence electrons. The zero-order valence-electron chi connectivity index (χ0n) is 12.3. The Morgan fingerprint density at radius 2 is 1.96 bits per heavy atom. The van der Waals surface area contributed by atoms with E-state index in [1.807, 2.05) is 0 Å². The number of hydrogen-bond acceptors (Lipinski definition) is 4. The number of ether oxygens (including phenoxy) is 1. The van der Waals surface area contributed by atoms with Gasteiger partial charge in [-0.25, -0.2) is 0 Å². The lowest BCUT2D eigenvalue weighted by Gasteiger charge is -2.20. The average molecular weight is 376 g/mol. The van der Waals surface area contributed by atoms with Crippen LogP contribution in [0.25, 0.3) is 0 Å². The van der Waals surface area contributed by atoms with Gasteiger partial charge in [0.05, 0.1) is 13.5 Å². The number of benzene rings is 2. The number of hydrogen-bond donors (Lipinski definition) is 2. The van der Waals surface area contributed by atoms with E-state index in [1.165, 1.54) is 7.11 Å². The number of Topliss-reactive ketones (excluding diaryl/α,β-unsaturated/α-hetero) is 1. The van der Waals surface area contributed by atoms with Crippen molar-refractivity contribution >= 4 is 33.3 Å². The Morgan fingerprint density at radius 1 is 1.26 bits per heavy atom. The second kappa shape index (κ2) is 5.79. The van der Waals surface area contributed by atoms with Crippen molar-refractivity contribution in [2.45, 2.75) is 12.0 Å².